The molecule has 18 heavy (non-hydrogen) atoms. The van der Waals surface area contributed by atoms with Crippen molar-refractivity contribution in [3.8, 4) is 5.75 Å². The number of fused-ring (bicyclic) bond motifs is 1. The molecule has 4 rings (SSSR count). The lowest BCUT2D eigenvalue weighted by molar-refractivity contribution is 0.203. The summed E-state index contributed by atoms with van der Waals surface area (Å²) in [6.45, 7) is 1.06. The molecule has 2 aliphatic carbocycles. The Balaban J connectivity index is 1.99. The van der Waals surface area contributed by atoms with Gasteiger partial charge in [0.2, 0.25) is 0 Å². The molecule has 1 saturated heterocycles. The van der Waals surface area contributed by atoms with Gasteiger partial charge in [0.25, 0.3) is 0 Å². The van der Waals surface area contributed by atoms with Gasteiger partial charge in [-0.05, 0) is 36.6 Å². The van der Waals surface area contributed by atoms with Crippen molar-refractivity contribution in [3.05, 3.63) is 53.6 Å². The predicted octanol–water partition coefficient (Wildman–Crippen LogP) is 2.29. The number of piperidine rings is 1. The maximum Gasteiger partial charge on any atom is 0.119 e. The Morgan fingerprint density at radius 1 is 1.28 bits per heavy atom. The van der Waals surface area contributed by atoms with E-state index in [4.69, 9.17) is 0 Å². The van der Waals surface area contributed by atoms with Crippen LogP contribution in [0, 0.1) is 5.92 Å². The minimum Gasteiger partial charge on any atom is -0.508 e. The maximum atomic E-state index is 10.1. The number of nitrogens with one attached hydrogen (secondary N) is 1. The standard InChI is InChI=1S/C16H17NO/c18-15-6-3-5-12-11(15)10-14-13-4-1-2-7-16(12,13)8-9-17-14/h1-7,13-14,17-18H,8-10H2/t13-,14+,16-/m0/s1. The van der Waals surface area contributed by atoms with E-state index < -0.39 is 0 Å². The normalized spacial score (nSPS) is 36.0. The van der Waals surface area contributed by atoms with Gasteiger partial charge in [0, 0.05) is 17.4 Å². The first-order chi connectivity index (χ1) is 8.81. The molecule has 0 aromatic heterocycles. The Hall–Kier alpha value is -1.54. The Bertz CT molecular complexity index is 560. The van der Waals surface area contributed by atoms with Gasteiger partial charge in [0.1, 0.15) is 5.75 Å². The average Bonchev–Trinajstić information content (AvgIpc) is 2.40. The van der Waals surface area contributed by atoms with Crippen molar-refractivity contribution in [2.75, 3.05) is 6.54 Å². The summed E-state index contributed by atoms with van der Waals surface area (Å²) in [6.07, 6.45) is 11.1. The highest BCUT2D eigenvalue weighted by Gasteiger charge is 2.49. The van der Waals surface area contributed by atoms with Crippen LogP contribution < -0.4 is 5.32 Å². The third-order valence-corrected chi connectivity index (χ3v) is 4.87. The summed E-state index contributed by atoms with van der Waals surface area (Å²) < 4.78 is 0. The molecule has 92 valence electrons. The van der Waals surface area contributed by atoms with Crippen LogP contribution in [0.15, 0.2) is 42.5 Å². The van der Waals surface area contributed by atoms with Gasteiger partial charge in [0.15, 0.2) is 0 Å². The molecule has 1 aromatic carbocycles. The Labute approximate surface area is 107 Å². The molecular weight excluding hydrogens is 222 g/mol. The zero-order valence-electron chi connectivity index (χ0n) is 10.3. The van der Waals surface area contributed by atoms with Gasteiger partial charge in [-0.3, -0.25) is 0 Å². The third kappa shape index (κ3) is 1.16. The molecule has 3 atom stereocenters. The molecular formula is C16H17NO. The monoisotopic (exact) mass is 239 g/mol. The van der Waals surface area contributed by atoms with Crippen LogP contribution >= 0.6 is 0 Å². The zero-order chi connectivity index (χ0) is 12.2. The summed E-state index contributed by atoms with van der Waals surface area (Å²) in [5.41, 5.74) is 2.59. The molecule has 2 bridgehead atoms. The topological polar surface area (TPSA) is 32.3 Å². The van der Waals surface area contributed by atoms with Crippen LogP contribution in [-0.2, 0) is 11.8 Å². The summed E-state index contributed by atoms with van der Waals surface area (Å²) >= 11 is 0. The lowest BCUT2D eigenvalue weighted by Crippen LogP contribution is -2.57. The Morgan fingerprint density at radius 2 is 2.22 bits per heavy atom. The fraction of sp³-hybridized carbons (Fsp3) is 0.375. The van der Waals surface area contributed by atoms with E-state index >= 15 is 0 Å². The molecule has 1 aliphatic heterocycles. The third-order valence-electron chi connectivity index (χ3n) is 4.87. The smallest absolute Gasteiger partial charge is 0.119 e. The Morgan fingerprint density at radius 3 is 3.17 bits per heavy atom. The Kier molecular flexibility index (Phi) is 2.01. The predicted molar refractivity (Wildman–Crippen MR) is 71.7 cm³/mol. The van der Waals surface area contributed by atoms with Crippen molar-refractivity contribution < 1.29 is 5.11 Å². The second kappa shape index (κ2) is 3.48. The SMILES string of the molecule is Oc1cccc2c1C[C@H]1NCC[C@@]23C=CC=C[C@@H]13. The van der Waals surface area contributed by atoms with E-state index in [0.717, 1.165) is 24.9 Å². The molecule has 0 amide bonds. The van der Waals surface area contributed by atoms with E-state index in [-0.39, 0.29) is 5.41 Å². The zero-order valence-corrected chi connectivity index (χ0v) is 10.3. The lowest BCUT2D eigenvalue weighted by Gasteiger charge is -2.52. The summed E-state index contributed by atoms with van der Waals surface area (Å²) in [7, 11) is 0. The number of rotatable bonds is 0. The largest absolute Gasteiger partial charge is 0.508 e. The van der Waals surface area contributed by atoms with Crippen molar-refractivity contribution in [1.82, 2.24) is 5.32 Å². The maximum absolute atomic E-state index is 10.1. The summed E-state index contributed by atoms with van der Waals surface area (Å²) in [5, 5.41) is 13.7. The van der Waals surface area contributed by atoms with Crippen LogP contribution in [-0.4, -0.2) is 17.7 Å². The number of benzene rings is 1. The number of hydrogen-bond donors (Lipinski definition) is 2. The number of phenols is 1. The summed E-state index contributed by atoms with van der Waals surface area (Å²) in [5.74, 6) is 0.993. The van der Waals surface area contributed by atoms with Gasteiger partial charge in [-0.2, -0.15) is 0 Å². The summed E-state index contributed by atoms with van der Waals surface area (Å²) in [6, 6.07) is 6.45. The molecule has 0 radical (unpaired) electrons. The van der Waals surface area contributed by atoms with E-state index in [1.807, 2.05) is 12.1 Å². The molecule has 0 unspecified atom stereocenters. The first-order valence-corrected chi connectivity index (χ1v) is 6.72. The van der Waals surface area contributed by atoms with Gasteiger partial charge >= 0.3 is 0 Å². The highest BCUT2D eigenvalue weighted by molar-refractivity contribution is 5.52. The second-order valence-corrected chi connectivity index (χ2v) is 5.63. The van der Waals surface area contributed by atoms with Crippen molar-refractivity contribution in [3.63, 3.8) is 0 Å². The molecule has 2 nitrogen and oxygen atoms in total. The van der Waals surface area contributed by atoms with Crippen LogP contribution in [0.2, 0.25) is 0 Å². The van der Waals surface area contributed by atoms with Gasteiger partial charge in [0.05, 0.1) is 0 Å². The van der Waals surface area contributed by atoms with E-state index in [1.165, 1.54) is 5.56 Å². The second-order valence-electron chi connectivity index (χ2n) is 5.63. The molecule has 0 spiro atoms. The molecule has 1 fully saturated rings. The molecule has 2 N–H and O–H groups in total. The summed E-state index contributed by atoms with van der Waals surface area (Å²) in [4.78, 5) is 0. The van der Waals surface area contributed by atoms with E-state index in [9.17, 15) is 5.11 Å². The number of allylic oxidation sites excluding steroid dienone is 3. The average molecular weight is 239 g/mol. The van der Waals surface area contributed by atoms with Crippen LogP contribution in [0.1, 0.15) is 17.5 Å². The van der Waals surface area contributed by atoms with E-state index in [1.54, 1.807) is 0 Å². The number of hydrogen-bond acceptors (Lipinski definition) is 2. The van der Waals surface area contributed by atoms with Gasteiger partial charge in [-0.25, -0.2) is 0 Å². The van der Waals surface area contributed by atoms with Crippen LogP contribution in [0.3, 0.4) is 0 Å². The first kappa shape index (κ1) is 10.4. The fourth-order valence-corrected chi connectivity index (χ4v) is 4.08. The highest BCUT2D eigenvalue weighted by atomic mass is 16.3. The molecule has 1 aromatic rings. The van der Waals surface area contributed by atoms with Crippen LogP contribution in [0.4, 0.5) is 0 Å². The van der Waals surface area contributed by atoms with E-state index in [0.29, 0.717) is 17.7 Å². The highest BCUT2D eigenvalue weighted by Crippen LogP contribution is 2.50. The molecule has 3 aliphatic rings. The van der Waals surface area contributed by atoms with E-state index in [2.05, 4.69) is 35.7 Å². The quantitative estimate of drug-likeness (QED) is 0.728. The number of aromatic hydroxyl groups is 1. The van der Waals surface area contributed by atoms with Gasteiger partial charge < -0.3 is 10.4 Å². The van der Waals surface area contributed by atoms with Crippen molar-refractivity contribution in [1.29, 1.82) is 0 Å². The van der Waals surface area contributed by atoms with Crippen LogP contribution in [0.5, 0.6) is 5.75 Å². The minimum atomic E-state index is 0.108. The minimum absolute atomic E-state index is 0.108. The fourth-order valence-electron chi connectivity index (χ4n) is 4.08. The van der Waals surface area contributed by atoms with Gasteiger partial charge in [-0.1, -0.05) is 36.4 Å². The molecule has 0 saturated carbocycles. The van der Waals surface area contributed by atoms with Crippen molar-refractivity contribution in [2.45, 2.75) is 24.3 Å². The van der Waals surface area contributed by atoms with Crippen molar-refractivity contribution >= 4 is 0 Å². The first-order valence-electron chi connectivity index (χ1n) is 6.72. The lowest BCUT2D eigenvalue weighted by atomic mass is 9.56. The molecule has 2 heteroatoms. The molecule has 1 heterocycles. The van der Waals surface area contributed by atoms with Crippen LogP contribution in [0.25, 0.3) is 0 Å². The van der Waals surface area contributed by atoms with Gasteiger partial charge in [-0.15, -0.1) is 0 Å². The van der Waals surface area contributed by atoms with Crippen molar-refractivity contribution in [2.24, 2.45) is 5.92 Å². The number of phenolic OH excluding ortho intramolecular Hbond substituents is 1.